The zero-order valence-electron chi connectivity index (χ0n) is 15.0. The van der Waals surface area contributed by atoms with Crippen LogP contribution >= 0.6 is 0 Å². The monoisotopic (exact) mass is 358 g/mol. The van der Waals surface area contributed by atoms with Gasteiger partial charge < -0.3 is 20.1 Å². The molecule has 1 aromatic heterocycles. The number of para-hydroxylation sites is 1. The molecule has 138 valence electrons. The summed E-state index contributed by atoms with van der Waals surface area (Å²) in [6, 6.07) is 8.43. The molecule has 2 N–H and O–H groups in total. The third-order valence-corrected chi connectivity index (χ3v) is 3.48. The van der Waals surface area contributed by atoms with Crippen molar-refractivity contribution in [2.75, 3.05) is 32.7 Å². The van der Waals surface area contributed by atoms with Crippen LogP contribution in [0.2, 0.25) is 0 Å². The van der Waals surface area contributed by atoms with E-state index < -0.39 is 5.97 Å². The van der Waals surface area contributed by atoms with Crippen LogP contribution < -0.4 is 10.6 Å². The first-order chi connectivity index (χ1) is 12.5. The van der Waals surface area contributed by atoms with Gasteiger partial charge in [0.2, 0.25) is 0 Å². The average Bonchev–Trinajstić information content (AvgIpc) is 2.64. The van der Waals surface area contributed by atoms with E-state index in [2.05, 4.69) is 20.6 Å². The van der Waals surface area contributed by atoms with Crippen molar-refractivity contribution in [3.8, 4) is 0 Å². The van der Waals surface area contributed by atoms with Gasteiger partial charge in [0, 0.05) is 26.3 Å². The SMILES string of the molecule is COCCCNC(=O)c1cc(Nc2ccccc2C(=O)OC)nc(C)n1. The molecule has 1 amide bonds. The highest BCUT2D eigenvalue weighted by Crippen LogP contribution is 2.21. The number of hydrogen-bond donors (Lipinski definition) is 2. The van der Waals surface area contributed by atoms with Crippen LogP contribution in [-0.2, 0) is 9.47 Å². The maximum atomic E-state index is 12.2. The molecular weight excluding hydrogens is 336 g/mol. The fraction of sp³-hybridized carbons (Fsp3) is 0.333. The van der Waals surface area contributed by atoms with Crippen LogP contribution in [0.1, 0.15) is 33.1 Å². The molecule has 0 aliphatic heterocycles. The van der Waals surface area contributed by atoms with Gasteiger partial charge in [0.25, 0.3) is 5.91 Å². The summed E-state index contributed by atoms with van der Waals surface area (Å²) in [5, 5.41) is 5.83. The number of esters is 1. The Morgan fingerprint density at radius 1 is 1.15 bits per heavy atom. The molecule has 0 fully saturated rings. The molecule has 0 saturated heterocycles. The zero-order valence-corrected chi connectivity index (χ0v) is 15.0. The molecule has 8 nitrogen and oxygen atoms in total. The summed E-state index contributed by atoms with van der Waals surface area (Å²) in [7, 11) is 2.93. The smallest absolute Gasteiger partial charge is 0.339 e. The topological polar surface area (TPSA) is 102 Å². The second kappa shape index (κ2) is 9.47. The molecule has 0 aliphatic rings. The van der Waals surface area contributed by atoms with Crippen LogP contribution in [-0.4, -0.2) is 49.2 Å². The van der Waals surface area contributed by atoms with Gasteiger partial charge in [-0.3, -0.25) is 4.79 Å². The van der Waals surface area contributed by atoms with Gasteiger partial charge >= 0.3 is 5.97 Å². The number of carbonyl (C=O) groups is 2. The van der Waals surface area contributed by atoms with Gasteiger partial charge in [0.05, 0.1) is 18.4 Å². The number of ether oxygens (including phenoxy) is 2. The summed E-state index contributed by atoms with van der Waals surface area (Å²) >= 11 is 0. The number of nitrogens with one attached hydrogen (secondary N) is 2. The van der Waals surface area contributed by atoms with Crippen LogP contribution in [0.3, 0.4) is 0 Å². The summed E-state index contributed by atoms with van der Waals surface area (Å²) in [4.78, 5) is 32.5. The molecule has 2 rings (SSSR count). The zero-order chi connectivity index (χ0) is 18.9. The van der Waals surface area contributed by atoms with E-state index in [0.717, 1.165) is 0 Å². The van der Waals surface area contributed by atoms with Gasteiger partial charge in [-0.2, -0.15) is 0 Å². The Balaban J connectivity index is 2.18. The summed E-state index contributed by atoms with van der Waals surface area (Å²) < 4.78 is 9.73. The van der Waals surface area contributed by atoms with Crippen molar-refractivity contribution in [3.63, 3.8) is 0 Å². The van der Waals surface area contributed by atoms with Crippen molar-refractivity contribution in [2.24, 2.45) is 0 Å². The minimum absolute atomic E-state index is 0.243. The Labute approximate surface area is 151 Å². The lowest BCUT2D eigenvalue weighted by Gasteiger charge is -2.11. The molecule has 1 heterocycles. The van der Waals surface area contributed by atoms with Crippen LogP contribution in [0.25, 0.3) is 0 Å². The predicted octanol–water partition coefficient (Wildman–Crippen LogP) is 2.08. The standard InChI is InChI=1S/C18H22N4O4/c1-12-20-15(17(23)19-9-6-10-25-2)11-16(21-12)22-14-8-5-4-7-13(14)18(24)26-3/h4-5,7-8,11H,6,9-10H2,1-3H3,(H,19,23)(H,20,21,22). The van der Waals surface area contributed by atoms with Crippen molar-refractivity contribution in [2.45, 2.75) is 13.3 Å². The van der Waals surface area contributed by atoms with E-state index in [-0.39, 0.29) is 11.6 Å². The predicted molar refractivity (Wildman–Crippen MR) is 96.7 cm³/mol. The van der Waals surface area contributed by atoms with E-state index >= 15 is 0 Å². The number of benzene rings is 1. The molecule has 0 radical (unpaired) electrons. The molecule has 0 aliphatic carbocycles. The van der Waals surface area contributed by atoms with Gasteiger partial charge in [-0.1, -0.05) is 12.1 Å². The van der Waals surface area contributed by atoms with Crippen molar-refractivity contribution < 1.29 is 19.1 Å². The Bertz CT molecular complexity index is 780. The lowest BCUT2D eigenvalue weighted by atomic mass is 10.2. The number of amides is 1. The lowest BCUT2D eigenvalue weighted by Crippen LogP contribution is -2.26. The quantitative estimate of drug-likeness (QED) is 0.550. The third-order valence-electron chi connectivity index (χ3n) is 3.48. The van der Waals surface area contributed by atoms with Crippen LogP contribution in [0.15, 0.2) is 30.3 Å². The minimum Gasteiger partial charge on any atom is -0.465 e. The van der Waals surface area contributed by atoms with Crippen molar-refractivity contribution >= 4 is 23.4 Å². The molecule has 0 bridgehead atoms. The molecule has 0 atom stereocenters. The first kappa shape index (κ1) is 19.3. The van der Waals surface area contributed by atoms with Gasteiger partial charge in [0.15, 0.2) is 0 Å². The minimum atomic E-state index is -0.463. The Kier molecular flexibility index (Phi) is 7.04. The van der Waals surface area contributed by atoms with E-state index in [1.165, 1.54) is 13.2 Å². The number of aryl methyl sites for hydroxylation is 1. The second-order valence-electron chi connectivity index (χ2n) is 5.45. The molecule has 0 spiro atoms. The summed E-state index contributed by atoms with van der Waals surface area (Å²) in [6.07, 6.45) is 0.712. The summed E-state index contributed by atoms with van der Waals surface area (Å²) in [5.41, 5.74) is 1.15. The highest BCUT2D eigenvalue weighted by Gasteiger charge is 2.14. The number of anilines is 2. The lowest BCUT2D eigenvalue weighted by molar-refractivity contribution is 0.0601. The molecule has 0 unspecified atom stereocenters. The van der Waals surface area contributed by atoms with Crippen molar-refractivity contribution in [1.29, 1.82) is 0 Å². The number of carbonyl (C=O) groups excluding carboxylic acids is 2. The Morgan fingerprint density at radius 3 is 2.65 bits per heavy atom. The number of methoxy groups -OCH3 is 2. The fourth-order valence-electron chi connectivity index (χ4n) is 2.28. The van der Waals surface area contributed by atoms with Crippen molar-refractivity contribution in [1.82, 2.24) is 15.3 Å². The Morgan fingerprint density at radius 2 is 1.92 bits per heavy atom. The Hall–Kier alpha value is -3.00. The van der Waals surface area contributed by atoms with E-state index in [4.69, 9.17) is 9.47 Å². The first-order valence-corrected chi connectivity index (χ1v) is 8.12. The summed E-state index contributed by atoms with van der Waals surface area (Å²) in [6.45, 7) is 2.75. The molecule has 26 heavy (non-hydrogen) atoms. The van der Waals surface area contributed by atoms with E-state index in [1.807, 2.05) is 0 Å². The normalized spacial score (nSPS) is 10.3. The molecule has 1 aromatic carbocycles. The second-order valence-corrected chi connectivity index (χ2v) is 5.45. The number of nitrogens with zero attached hydrogens (tertiary/aromatic N) is 2. The largest absolute Gasteiger partial charge is 0.465 e. The number of aromatic nitrogens is 2. The molecule has 0 saturated carbocycles. The van der Waals surface area contributed by atoms with E-state index in [0.29, 0.717) is 42.5 Å². The van der Waals surface area contributed by atoms with Gasteiger partial charge in [-0.25, -0.2) is 14.8 Å². The van der Waals surface area contributed by atoms with Gasteiger partial charge in [-0.15, -0.1) is 0 Å². The van der Waals surface area contributed by atoms with Crippen LogP contribution in [0, 0.1) is 6.92 Å². The maximum absolute atomic E-state index is 12.2. The average molecular weight is 358 g/mol. The summed E-state index contributed by atoms with van der Waals surface area (Å²) in [5.74, 6) is 0.0920. The van der Waals surface area contributed by atoms with E-state index in [1.54, 1.807) is 38.3 Å². The van der Waals surface area contributed by atoms with Gasteiger partial charge in [0.1, 0.15) is 17.3 Å². The molecule has 2 aromatic rings. The number of rotatable bonds is 8. The van der Waals surface area contributed by atoms with Crippen molar-refractivity contribution in [3.05, 3.63) is 47.4 Å². The maximum Gasteiger partial charge on any atom is 0.339 e. The highest BCUT2D eigenvalue weighted by molar-refractivity contribution is 5.97. The third kappa shape index (κ3) is 5.25. The van der Waals surface area contributed by atoms with Gasteiger partial charge in [-0.05, 0) is 25.5 Å². The molecular formula is C18H22N4O4. The van der Waals surface area contributed by atoms with Crippen LogP contribution in [0.4, 0.5) is 11.5 Å². The number of hydrogen-bond acceptors (Lipinski definition) is 7. The highest BCUT2D eigenvalue weighted by atomic mass is 16.5. The van der Waals surface area contributed by atoms with E-state index in [9.17, 15) is 9.59 Å². The fourth-order valence-corrected chi connectivity index (χ4v) is 2.28. The molecule has 8 heteroatoms. The first-order valence-electron chi connectivity index (χ1n) is 8.12. The van der Waals surface area contributed by atoms with Crippen LogP contribution in [0.5, 0.6) is 0 Å².